The van der Waals surface area contributed by atoms with Gasteiger partial charge in [-0.25, -0.2) is 0 Å². The van der Waals surface area contributed by atoms with E-state index in [0.717, 1.165) is 13.1 Å². The first-order chi connectivity index (χ1) is 11.2. The van der Waals surface area contributed by atoms with Crippen LogP contribution in [0.25, 0.3) is 12.2 Å². The van der Waals surface area contributed by atoms with E-state index in [0.29, 0.717) is 0 Å². The Morgan fingerprint density at radius 3 is 1.43 bits per heavy atom. The van der Waals surface area contributed by atoms with Gasteiger partial charge in [0.25, 0.3) is 0 Å². The van der Waals surface area contributed by atoms with Crippen LogP contribution in [0.3, 0.4) is 0 Å². The van der Waals surface area contributed by atoms with E-state index in [-0.39, 0.29) is 0 Å². The lowest BCUT2D eigenvalue weighted by atomic mass is 10.1. The molecule has 0 bridgehead atoms. The van der Waals surface area contributed by atoms with E-state index in [1.165, 1.54) is 52.7 Å². The van der Waals surface area contributed by atoms with Crippen molar-refractivity contribution in [1.29, 1.82) is 0 Å². The van der Waals surface area contributed by atoms with Gasteiger partial charge in [-0.3, -0.25) is 0 Å². The van der Waals surface area contributed by atoms with Gasteiger partial charge in [-0.05, 0) is 11.1 Å². The first kappa shape index (κ1) is 15.8. The first-order valence-electron chi connectivity index (χ1n) is 8.51. The number of rotatable bonds is 6. The highest BCUT2D eigenvalue weighted by atomic mass is 15.4. The molecule has 0 amide bonds. The minimum Gasteiger partial charge on any atom is -0.316 e. The van der Waals surface area contributed by atoms with Gasteiger partial charge in [-0.15, -0.1) is 0 Å². The molecule has 0 unspecified atom stereocenters. The third-order valence-electron chi connectivity index (χ3n) is 4.98. The molecule has 0 saturated carbocycles. The van der Waals surface area contributed by atoms with E-state index in [1.807, 2.05) is 12.2 Å². The first-order valence-corrected chi connectivity index (χ1v) is 8.51. The summed E-state index contributed by atoms with van der Waals surface area (Å²) in [5.41, 5.74) is 5.25. The van der Waals surface area contributed by atoms with Crippen molar-refractivity contribution in [3.05, 3.63) is 83.9 Å². The highest BCUT2D eigenvalue weighted by molar-refractivity contribution is 5.47. The highest BCUT2D eigenvalue weighted by Gasteiger charge is 2.32. The molecule has 2 aromatic rings. The summed E-state index contributed by atoms with van der Waals surface area (Å²) < 4.78 is 1.18. The molecule has 0 radical (unpaired) electrons. The second-order valence-electron chi connectivity index (χ2n) is 6.70. The minimum absolute atomic E-state index is 1.13. The fraction of sp³-hybridized carbons (Fsp3) is 0.273. The van der Waals surface area contributed by atoms with Crippen molar-refractivity contribution in [3.8, 4) is 0 Å². The SMILES string of the molecule is C=Cc1ccc(C[N+]2(Cc3ccc(C=C)cc3)CCCC2)cc1. The lowest BCUT2D eigenvalue weighted by molar-refractivity contribution is -0.942. The zero-order valence-corrected chi connectivity index (χ0v) is 13.9. The monoisotopic (exact) mass is 304 g/mol. The van der Waals surface area contributed by atoms with E-state index in [4.69, 9.17) is 0 Å². The number of quaternary nitrogens is 1. The predicted octanol–water partition coefficient (Wildman–Crippen LogP) is 5.28. The van der Waals surface area contributed by atoms with Crippen molar-refractivity contribution in [1.82, 2.24) is 0 Å². The van der Waals surface area contributed by atoms with Crippen molar-refractivity contribution >= 4 is 12.2 Å². The van der Waals surface area contributed by atoms with E-state index in [9.17, 15) is 0 Å². The van der Waals surface area contributed by atoms with Gasteiger partial charge >= 0.3 is 0 Å². The third kappa shape index (κ3) is 3.80. The van der Waals surface area contributed by atoms with Crippen LogP contribution < -0.4 is 0 Å². The highest BCUT2D eigenvalue weighted by Crippen LogP contribution is 2.27. The van der Waals surface area contributed by atoms with Gasteiger partial charge in [0.2, 0.25) is 0 Å². The largest absolute Gasteiger partial charge is 0.316 e. The number of nitrogens with zero attached hydrogens (tertiary/aromatic N) is 1. The minimum atomic E-state index is 1.13. The van der Waals surface area contributed by atoms with Crippen molar-refractivity contribution < 1.29 is 4.48 Å². The maximum atomic E-state index is 3.84. The summed E-state index contributed by atoms with van der Waals surface area (Å²) in [4.78, 5) is 0. The zero-order chi connectivity index (χ0) is 16.1. The Morgan fingerprint density at radius 2 is 1.09 bits per heavy atom. The average molecular weight is 304 g/mol. The van der Waals surface area contributed by atoms with Gasteiger partial charge in [0, 0.05) is 24.0 Å². The van der Waals surface area contributed by atoms with E-state index < -0.39 is 0 Å². The van der Waals surface area contributed by atoms with Crippen LogP contribution in [0.1, 0.15) is 35.1 Å². The standard InChI is InChI=1S/C22H26N/c1-3-19-7-11-21(12-8-19)17-23(15-5-6-16-23)18-22-13-9-20(4-2)10-14-22/h3-4,7-14H,1-2,5-6,15-18H2/q+1. The topological polar surface area (TPSA) is 0 Å². The molecule has 1 aliphatic rings. The second-order valence-corrected chi connectivity index (χ2v) is 6.70. The summed E-state index contributed by atoms with van der Waals surface area (Å²) in [6, 6.07) is 17.7. The van der Waals surface area contributed by atoms with Crippen LogP contribution in [-0.2, 0) is 13.1 Å². The Hall–Kier alpha value is -2.12. The summed E-state index contributed by atoms with van der Waals surface area (Å²) in [7, 11) is 0. The fourth-order valence-corrected chi connectivity index (χ4v) is 3.67. The van der Waals surface area contributed by atoms with Gasteiger partial charge in [0.15, 0.2) is 0 Å². The van der Waals surface area contributed by atoms with E-state index in [2.05, 4.69) is 61.7 Å². The molecule has 0 N–H and O–H groups in total. The Labute approximate surface area is 140 Å². The summed E-state index contributed by atoms with van der Waals surface area (Å²) >= 11 is 0. The van der Waals surface area contributed by atoms with Crippen molar-refractivity contribution in [3.63, 3.8) is 0 Å². The molecule has 1 nitrogen and oxygen atoms in total. The molecular weight excluding hydrogens is 278 g/mol. The molecule has 1 heterocycles. The number of hydrogen-bond donors (Lipinski definition) is 0. The van der Waals surface area contributed by atoms with Crippen molar-refractivity contribution in [2.24, 2.45) is 0 Å². The maximum Gasteiger partial charge on any atom is 0.105 e. The van der Waals surface area contributed by atoms with E-state index in [1.54, 1.807) is 0 Å². The lowest BCUT2D eigenvalue weighted by Gasteiger charge is -2.34. The van der Waals surface area contributed by atoms with Gasteiger partial charge in [0.1, 0.15) is 13.1 Å². The van der Waals surface area contributed by atoms with Crippen LogP contribution in [0.15, 0.2) is 61.7 Å². The summed E-state index contributed by atoms with van der Waals surface area (Å²) in [5.74, 6) is 0. The van der Waals surface area contributed by atoms with Gasteiger partial charge in [-0.1, -0.05) is 73.8 Å². The molecular formula is C22H26N+. The summed E-state index contributed by atoms with van der Waals surface area (Å²) in [6.45, 7) is 12.5. The van der Waals surface area contributed by atoms with E-state index >= 15 is 0 Å². The van der Waals surface area contributed by atoms with Gasteiger partial charge < -0.3 is 4.48 Å². The van der Waals surface area contributed by atoms with Crippen molar-refractivity contribution in [2.45, 2.75) is 25.9 Å². The number of benzene rings is 2. The molecule has 3 rings (SSSR count). The molecule has 1 heteroatoms. The Morgan fingerprint density at radius 1 is 0.696 bits per heavy atom. The Kier molecular flexibility index (Phi) is 4.78. The molecule has 1 saturated heterocycles. The normalized spacial score (nSPS) is 16.2. The third-order valence-corrected chi connectivity index (χ3v) is 4.98. The van der Waals surface area contributed by atoms with Crippen molar-refractivity contribution in [2.75, 3.05) is 13.1 Å². The molecule has 0 atom stereocenters. The molecule has 0 aromatic heterocycles. The average Bonchev–Trinajstić information content (AvgIpc) is 3.04. The molecule has 0 spiro atoms. The molecule has 1 fully saturated rings. The maximum absolute atomic E-state index is 3.84. The lowest BCUT2D eigenvalue weighted by Crippen LogP contribution is -2.43. The van der Waals surface area contributed by atoms with Gasteiger partial charge in [0.05, 0.1) is 13.1 Å². The van der Waals surface area contributed by atoms with Crippen LogP contribution in [0.2, 0.25) is 0 Å². The molecule has 2 aromatic carbocycles. The molecule has 1 aliphatic heterocycles. The Bertz CT molecular complexity index is 603. The quantitative estimate of drug-likeness (QED) is 0.637. The second kappa shape index (κ2) is 6.97. The zero-order valence-electron chi connectivity index (χ0n) is 13.9. The summed E-state index contributed by atoms with van der Waals surface area (Å²) in [5, 5.41) is 0. The van der Waals surface area contributed by atoms with Crippen LogP contribution in [0.5, 0.6) is 0 Å². The van der Waals surface area contributed by atoms with Crippen LogP contribution in [0.4, 0.5) is 0 Å². The fourth-order valence-electron chi connectivity index (χ4n) is 3.67. The number of likely N-dealkylation sites (tertiary alicyclic amines) is 1. The van der Waals surface area contributed by atoms with Crippen LogP contribution in [0, 0.1) is 0 Å². The van der Waals surface area contributed by atoms with Gasteiger partial charge in [-0.2, -0.15) is 0 Å². The predicted molar refractivity (Wildman–Crippen MR) is 99.7 cm³/mol. The van der Waals surface area contributed by atoms with Crippen LogP contribution in [-0.4, -0.2) is 17.6 Å². The summed E-state index contributed by atoms with van der Waals surface area (Å²) in [6.07, 6.45) is 6.50. The number of hydrogen-bond acceptors (Lipinski definition) is 0. The smallest absolute Gasteiger partial charge is 0.105 e. The Balaban J connectivity index is 1.77. The van der Waals surface area contributed by atoms with Crippen LogP contribution >= 0.6 is 0 Å². The molecule has 118 valence electrons. The molecule has 23 heavy (non-hydrogen) atoms. The molecule has 0 aliphatic carbocycles.